The monoisotopic (exact) mass is 557 g/mol. The molecular formula is C26H39NO10S. The van der Waals surface area contributed by atoms with Crippen molar-refractivity contribution in [2.24, 2.45) is 0 Å². The van der Waals surface area contributed by atoms with Gasteiger partial charge in [0, 0.05) is 5.69 Å². The Labute approximate surface area is 225 Å². The Morgan fingerprint density at radius 3 is 1.34 bits per heavy atom. The van der Waals surface area contributed by atoms with E-state index in [0.29, 0.717) is 85.0 Å². The normalized spacial score (nSPS) is 11.6. The van der Waals surface area contributed by atoms with Gasteiger partial charge in [0.25, 0.3) is 10.1 Å². The summed E-state index contributed by atoms with van der Waals surface area (Å²) in [6, 6.07) is 15.2. The van der Waals surface area contributed by atoms with E-state index in [0.717, 1.165) is 5.75 Å². The summed E-state index contributed by atoms with van der Waals surface area (Å²) in [5.41, 5.74) is 6.33. The van der Waals surface area contributed by atoms with E-state index in [4.69, 9.17) is 43.1 Å². The van der Waals surface area contributed by atoms with Crippen molar-refractivity contribution in [3.8, 4) is 5.75 Å². The molecule has 0 amide bonds. The Bertz CT molecular complexity index is 929. The lowest BCUT2D eigenvalue weighted by Gasteiger charge is -2.09. The third-order valence-corrected chi connectivity index (χ3v) is 6.06. The van der Waals surface area contributed by atoms with Gasteiger partial charge in [-0.05, 0) is 36.4 Å². The van der Waals surface area contributed by atoms with Crippen LogP contribution in [0.5, 0.6) is 5.75 Å². The Morgan fingerprint density at radius 1 is 0.500 bits per heavy atom. The molecule has 0 radical (unpaired) electrons. The maximum absolute atomic E-state index is 11.9. The fourth-order valence-electron chi connectivity index (χ4n) is 2.84. The molecule has 0 aliphatic heterocycles. The summed E-state index contributed by atoms with van der Waals surface area (Å²) in [5, 5.41) is 0. The van der Waals surface area contributed by atoms with Crippen LogP contribution in [-0.4, -0.2) is 101 Å². The molecule has 0 bridgehead atoms. The third-order valence-electron chi connectivity index (χ3n) is 4.73. The fourth-order valence-corrected chi connectivity index (χ4v) is 3.76. The summed E-state index contributed by atoms with van der Waals surface area (Å²) in [4.78, 5) is 0.122. The molecule has 2 aromatic rings. The first-order chi connectivity index (χ1) is 18.6. The van der Waals surface area contributed by atoms with Gasteiger partial charge in [0.1, 0.15) is 12.4 Å². The van der Waals surface area contributed by atoms with Crippen molar-refractivity contribution in [1.82, 2.24) is 0 Å². The minimum absolute atomic E-state index is 0.0550. The number of rotatable bonds is 24. The summed E-state index contributed by atoms with van der Waals surface area (Å²) in [7, 11) is -3.75. The van der Waals surface area contributed by atoms with Gasteiger partial charge in [0.05, 0.1) is 90.8 Å². The minimum atomic E-state index is -3.75. The molecule has 0 fully saturated rings. The molecule has 0 spiro atoms. The van der Waals surface area contributed by atoms with E-state index in [1.807, 2.05) is 12.1 Å². The molecule has 0 aliphatic rings. The van der Waals surface area contributed by atoms with Gasteiger partial charge in [0.2, 0.25) is 0 Å². The highest BCUT2D eigenvalue weighted by Crippen LogP contribution is 2.13. The van der Waals surface area contributed by atoms with Gasteiger partial charge in [-0.3, -0.25) is 4.18 Å². The quantitative estimate of drug-likeness (QED) is 0.116. The largest absolute Gasteiger partial charge is 0.491 e. The number of hydrogen-bond acceptors (Lipinski definition) is 11. The molecule has 2 N–H and O–H groups in total. The van der Waals surface area contributed by atoms with Crippen LogP contribution >= 0.6 is 0 Å². The van der Waals surface area contributed by atoms with Crippen molar-refractivity contribution in [3.63, 3.8) is 0 Å². The molecule has 0 unspecified atom stereocenters. The van der Waals surface area contributed by atoms with Gasteiger partial charge >= 0.3 is 0 Å². The fraction of sp³-hybridized carbons (Fsp3) is 0.538. The van der Waals surface area contributed by atoms with Gasteiger partial charge in [0.15, 0.2) is 0 Å². The van der Waals surface area contributed by atoms with E-state index < -0.39 is 10.1 Å². The topological polar surface area (TPSA) is 134 Å². The second kappa shape index (κ2) is 20.6. The average Bonchev–Trinajstić information content (AvgIpc) is 2.93. The molecule has 0 saturated heterocycles. The predicted molar refractivity (Wildman–Crippen MR) is 141 cm³/mol. The van der Waals surface area contributed by atoms with Crippen LogP contribution in [0.3, 0.4) is 0 Å². The number of nitrogen functional groups attached to an aromatic ring is 1. The van der Waals surface area contributed by atoms with E-state index >= 15 is 0 Å². The molecule has 2 aromatic carbocycles. The Hall–Kier alpha value is -2.29. The summed E-state index contributed by atoms with van der Waals surface area (Å²) in [6.07, 6.45) is 0. The molecule has 0 aliphatic carbocycles. The first-order valence-corrected chi connectivity index (χ1v) is 13.9. The summed E-state index contributed by atoms with van der Waals surface area (Å²) < 4.78 is 66.8. The van der Waals surface area contributed by atoms with Crippen LogP contribution in [-0.2, 0) is 42.7 Å². The Balaban J connectivity index is 1.24. The maximum Gasteiger partial charge on any atom is 0.297 e. The van der Waals surface area contributed by atoms with Crippen LogP contribution in [0.25, 0.3) is 0 Å². The molecular weight excluding hydrogens is 518 g/mol. The van der Waals surface area contributed by atoms with Gasteiger partial charge in [-0.25, -0.2) is 0 Å². The van der Waals surface area contributed by atoms with Crippen molar-refractivity contribution in [2.45, 2.75) is 4.90 Å². The lowest BCUT2D eigenvalue weighted by Crippen LogP contribution is -2.15. The smallest absolute Gasteiger partial charge is 0.297 e. The second-order valence-electron chi connectivity index (χ2n) is 7.68. The number of nitrogens with two attached hydrogens (primary N) is 1. The van der Waals surface area contributed by atoms with Crippen LogP contribution in [0.1, 0.15) is 0 Å². The molecule has 0 saturated carbocycles. The molecule has 12 heteroatoms. The number of anilines is 1. The average molecular weight is 558 g/mol. The van der Waals surface area contributed by atoms with Crippen molar-refractivity contribution in [3.05, 3.63) is 54.6 Å². The lowest BCUT2D eigenvalue weighted by molar-refractivity contribution is -0.0186. The zero-order valence-electron chi connectivity index (χ0n) is 21.7. The van der Waals surface area contributed by atoms with E-state index in [1.165, 1.54) is 12.1 Å². The molecule has 214 valence electrons. The molecule has 38 heavy (non-hydrogen) atoms. The molecule has 0 heterocycles. The number of hydrogen-bond donors (Lipinski definition) is 1. The van der Waals surface area contributed by atoms with Gasteiger partial charge in [-0.15, -0.1) is 0 Å². The van der Waals surface area contributed by atoms with E-state index in [-0.39, 0.29) is 18.1 Å². The maximum atomic E-state index is 11.9. The van der Waals surface area contributed by atoms with Crippen LogP contribution < -0.4 is 10.5 Å². The zero-order chi connectivity index (χ0) is 27.2. The number of ether oxygens (including phenoxy) is 7. The highest BCUT2D eigenvalue weighted by Gasteiger charge is 2.13. The van der Waals surface area contributed by atoms with Crippen LogP contribution in [0.15, 0.2) is 59.5 Å². The van der Waals surface area contributed by atoms with Gasteiger partial charge in [-0.1, -0.05) is 18.2 Å². The number of benzene rings is 2. The second-order valence-corrected chi connectivity index (χ2v) is 9.30. The summed E-state index contributed by atoms with van der Waals surface area (Å²) in [6.45, 7) is 5.50. The zero-order valence-corrected chi connectivity index (χ0v) is 22.5. The molecule has 2 rings (SSSR count). The van der Waals surface area contributed by atoms with Gasteiger partial charge in [-0.2, -0.15) is 8.42 Å². The first kappa shape index (κ1) is 31.9. The Morgan fingerprint density at radius 2 is 0.895 bits per heavy atom. The van der Waals surface area contributed by atoms with Crippen LogP contribution in [0.2, 0.25) is 0 Å². The lowest BCUT2D eigenvalue weighted by atomic mass is 10.3. The standard InChI is InChI=1S/C26H39NO10S/c27-24-6-8-25(9-7-24)36-22-20-34-18-16-32-14-12-30-10-11-31-13-15-33-17-19-35-21-23-37-38(28,29)26-4-2-1-3-5-26/h1-9H,10-23,27H2. The van der Waals surface area contributed by atoms with E-state index in [9.17, 15) is 8.42 Å². The third kappa shape index (κ3) is 15.8. The van der Waals surface area contributed by atoms with Crippen molar-refractivity contribution in [1.29, 1.82) is 0 Å². The van der Waals surface area contributed by atoms with Crippen molar-refractivity contribution < 1.29 is 45.8 Å². The van der Waals surface area contributed by atoms with Crippen molar-refractivity contribution in [2.75, 3.05) is 98.2 Å². The van der Waals surface area contributed by atoms with Crippen molar-refractivity contribution >= 4 is 15.8 Å². The molecule has 0 atom stereocenters. The Kier molecular flexibility index (Phi) is 17.3. The highest BCUT2D eigenvalue weighted by atomic mass is 32.2. The summed E-state index contributed by atoms with van der Waals surface area (Å²) >= 11 is 0. The van der Waals surface area contributed by atoms with Gasteiger partial charge < -0.3 is 38.9 Å². The van der Waals surface area contributed by atoms with E-state index in [1.54, 1.807) is 30.3 Å². The predicted octanol–water partition coefficient (Wildman–Crippen LogP) is 2.15. The highest BCUT2D eigenvalue weighted by molar-refractivity contribution is 7.86. The molecule has 11 nitrogen and oxygen atoms in total. The summed E-state index contributed by atoms with van der Waals surface area (Å²) in [5.74, 6) is 0.761. The van der Waals surface area contributed by atoms with Crippen LogP contribution in [0, 0.1) is 0 Å². The molecule has 0 aromatic heterocycles. The van der Waals surface area contributed by atoms with E-state index in [2.05, 4.69) is 0 Å². The minimum Gasteiger partial charge on any atom is -0.491 e. The van der Waals surface area contributed by atoms with Crippen LogP contribution in [0.4, 0.5) is 5.69 Å². The first-order valence-electron chi connectivity index (χ1n) is 12.5. The SMILES string of the molecule is Nc1ccc(OCCOCCOCCOCCOCCOCCOCCOS(=O)(=O)c2ccccc2)cc1.